The smallest absolute Gasteiger partial charge is 0.307 e. The van der Waals surface area contributed by atoms with Crippen LogP contribution in [0.3, 0.4) is 0 Å². The summed E-state index contributed by atoms with van der Waals surface area (Å²) in [5.74, 6) is 0.836. The second-order valence-electron chi connectivity index (χ2n) is 4.81. The molecule has 1 aliphatic heterocycles. The number of hydrogen-bond acceptors (Lipinski definition) is 4. The molecular weight excluding hydrogens is 228 g/mol. The van der Waals surface area contributed by atoms with Crippen molar-refractivity contribution in [3.05, 3.63) is 23.9 Å². The third-order valence-electron chi connectivity index (χ3n) is 3.45. The second-order valence-corrected chi connectivity index (χ2v) is 4.81. The molecule has 0 spiro atoms. The Kier molecular flexibility index (Phi) is 4.18. The number of piperidine rings is 1. The van der Waals surface area contributed by atoms with Crippen molar-refractivity contribution in [1.29, 1.82) is 0 Å². The van der Waals surface area contributed by atoms with E-state index in [0.29, 0.717) is 6.42 Å². The quantitative estimate of drug-likeness (QED) is 0.770. The number of ether oxygens (including phenoxy) is 1. The van der Waals surface area contributed by atoms with Crippen molar-refractivity contribution >= 4 is 11.8 Å². The number of methoxy groups -OCH3 is 1. The van der Waals surface area contributed by atoms with Crippen LogP contribution in [-0.4, -0.2) is 30.6 Å². The summed E-state index contributed by atoms with van der Waals surface area (Å²) < 4.78 is 4.77. The van der Waals surface area contributed by atoms with Gasteiger partial charge in [-0.2, -0.15) is 0 Å². The van der Waals surface area contributed by atoms with E-state index >= 15 is 0 Å². The molecule has 0 saturated carbocycles. The van der Waals surface area contributed by atoms with Gasteiger partial charge in [-0.05, 0) is 43.9 Å². The Morgan fingerprint density at radius 3 is 3.11 bits per heavy atom. The second kappa shape index (κ2) is 5.85. The zero-order valence-electron chi connectivity index (χ0n) is 11.1. The van der Waals surface area contributed by atoms with Gasteiger partial charge in [-0.3, -0.25) is 4.79 Å². The number of pyridine rings is 1. The zero-order valence-corrected chi connectivity index (χ0v) is 11.1. The number of aryl methyl sites for hydroxylation is 1. The van der Waals surface area contributed by atoms with Gasteiger partial charge >= 0.3 is 5.97 Å². The first-order valence-electron chi connectivity index (χ1n) is 6.47. The predicted octanol–water partition coefficient (Wildman–Crippen LogP) is 2.31. The molecule has 2 heterocycles. The van der Waals surface area contributed by atoms with Gasteiger partial charge in [0.25, 0.3) is 0 Å². The lowest BCUT2D eigenvalue weighted by molar-refractivity contribution is -0.141. The summed E-state index contributed by atoms with van der Waals surface area (Å²) in [6.07, 6.45) is 5.64. The molecule has 98 valence electrons. The Bertz CT molecular complexity index is 420. The van der Waals surface area contributed by atoms with Crippen molar-refractivity contribution in [2.24, 2.45) is 0 Å². The highest BCUT2D eigenvalue weighted by atomic mass is 16.5. The lowest BCUT2D eigenvalue weighted by atomic mass is 9.99. The maximum atomic E-state index is 11.5. The molecule has 0 aromatic carbocycles. The third kappa shape index (κ3) is 3.00. The first-order valence-corrected chi connectivity index (χ1v) is 6.47. The average Bonchev–Trinajstić information content (AvgIpc) is 2.39. The fourth-order valence-corrected chi connectivity index (χ4v) is 2.47. The molecule has 0 N–H and O–H groups in total. The molecule has 0 amide bonds. The van der Waals surface area contributed by atoms with E-state index in [1.165, 1.54) is 19.1 Å². The fourth-order valence-electron chi connectivity index (χ4n) is 2.47. The van der Waals surface area contributed by atoms with E-state index in [1.54, 1.807) is 0 Å². The van der Waals surface area contributed by atoms with Gasteiger partial charge in [0.2, 0.25) is 0 Å². The molecule has 2 rings (SSSR count). The lowest BCUT2D eigenvalue weighted by Gasteiger charge is -2.36. The van der Waals surface area contributed by atoms with Crippen molar-refractivity contribution in [3.8, 4) is 0 Å². The summed E-state index contributed by atoms with van der Waals surface area (Å²) in [5, 5.41) is 0. The molecule has 1 unspecified atom stereocenters. The van der Waals surface area contributed by atoms with Crippen LogP contribution in [-0.2, 0) is 9.53 Å². The van der Waals surface area contributed by atoms with E-state index in [9.17, 15) is 4.79 Å². The van der Waals surface area contributed by atoms with Crippen LogP contribution in [0, 0.1) is 6.92 Å². The molecule has 0 aliphatic carbocycles. The van der Waals surface area contributed by atoms with Crippen LogP contribution in [0.2, 0.25) is 0 Å². The van der Waals surface area contributed by atoms with Crippen molar-refractivity contribution in [2.45, 2.75) is 38.6 Å². The number of carbonyl (C=O) groups is 1. The van der Waals surface area contributed by atoms with Crippen LogP contribution in [0.4, 0.5) is 5.82 Å². The molecule has 4 heteroatoms. The summed E-state index contributed by atoms with van der Waals surface area (Å²) in [6.45, 7) is 3.03. The Morgan fingerprint density at radius 2 is 2.39 bits per heavy atom. The number of rotatable bonds is 3. The predicted molar refractivity (Wildman–Crippen MR) is 70.6 cm³/mol. The monoisotopic (exact) mass is 248 g/mol. The molecule has 0 radical (unpaired) electrons. The first-order chi connectivity index (χ1) is 8.70. The van der Waals surface area contributed by atoms with E-state index in [0.717, 1.165) is 25.2 Å². The summed E-state index contributed by atoms with van der Waals surface area (Å²) in [5.41, 5.74) is 1.20. The minimum Gasteiger partial charge on any atom is -0.469 e. The number of carbonyl (C=O) groups excluding carboxylic acids is 1. The molecule has 1 aromatic rings. The minimum atomic E-state index is -0.139. The summed E-state index contributed by atoms with van der Waals surface area (Å²) in [6, 6.07) is 4.29. The Balaban J connectivity index is 2.14. The van der Waals surface area contributed by atoms with Crippen LogP contribution >= 0.6 is 0 Å². The Hall–Kier alpha value is -1.58. The molecule has 1 aliphatic rings. The largest absolute Gasteiger partial charge is 0.469 e. The van der Waals surface area contributed by atoms with Gasteiger partial charge in [0.05, 0.1) is 13.5 Å². The number of esters is 1. The van der Waals surface area contributed by atoms with E-state index in [-0.39, 0.29) is 12.0 Å². The van der Waals surface area contributed by atoms with Crippen molar-refractivity contribution < 1.29 is 9.53 Å². The average molecular weight is 248 g/mol. The Labute approximate surface area is 108 Å². The normalized spacial score (nSPS) is 19.7. The molecule has 1 saturated heterocycles. The molecule has 1 fully saturated rings. The highest BCUT2D eigenvalue weighted by Crippen LogP contribution is 2.25. The van der Waals surface area contributed by atoms with Gasteiger partial charge in [0.1, 0.15) is 5.82 Å². The van der Waals surface area contributed by atoms with Crippen molar-refractivity contribution in [3.63, 3.8) is 0 Å². The third-order valence-corrected chi connectivity index (χ3v) is 3.45. The van der Waals surface area contributed by atoms with Gasteiger partial charge in [-0.25, -0.2) is 4.98 Å². The van der Waals surface area contributed by atoms with Crippen molar-refractivity contribution in [2.75, 3.05) is 18.6 Å². The van der Waals surface area contributed by atoms with E-state index in [4.69, 9.17) is 4.74 Å². The summed E-state index contributed by atoms with van der Waals surface area (Å²) >= 11 is 0. The fraction of sp³-hybridized carbons (Fsp3) is 0.571. The standard InChI is InChI=1S/C14H20N2O2/c1-11-6-7-15-13(9-11)16-8-4-3-5-12(16)10-14(17)18-2/h6-7,9,12H,3-5,8,10H2,1-2H3. The topological polar surface area (TPSA) is 42.4 Å². The molecule has 18 heavy (non-hydrogen) atoms. The molecule has 4 nitrogen and oxygen atoms in total. The number of anilines is 1. The maximum Gasteiger partial charge on any atom is 0.307 e. The Morgan fingerprint density at radius 1 is 1.56 bits per heavy atom. The van der Waals surface area contributed by atoms with Crippen LogP contribution in [0.5, 0.6) is 0 Å². The molecule has 0 bridgehead atoms. The summed E-state index contributed by atoms with van der Waals surface area (Å²) in [7, 11) is 1.44. The van der Waals surface area contributed by atoms with Gasteiger partial charge in [-0.15, -0.1) is 0 Å². The van der Waals surface area contributed by atoms with Gasteiger partial charge in [-0.1, -0.05) is 0 Å². The van der Waals surface area contributed by atoms with Crippen molar-refractivity contribution in [1.82, 2.24) is 4.98 Å². The highest BCUT2D eigenvalue weighted by molar-refractivity contribution is 5.70. The van der Waals surface area contributed by atoms with E-state index < -0.39 is 0 Å². The SMILES string of the molecule is COC(=O)CC1CCCCN1c1cc(C)ccn1. The van der Waals surface area contributed by atoms with Gasteiger partial charge in [0, 0.05) is 18.8 Å². The van der Waals surface area contributed by atoms with Crippen LogP contribution in [0.1, 0.15) is 31.2 Å². The number of nitrogens with zero attached hydrogens (tertiary/aromatic N) is 2. The highest BCUT2D eigenvalue weighted by Gasteiger charge is 2.26. The van der Waals surface area contributed by atoms with Crippen LogP contribution in [0.25, 0.3) is 0 Å². The van der Waals surface area contributed by atoms with Gasteiger partial charge < -0.3 is 9.64 Å². The van der Waals surface area contributed by atoms with Crippen LogP contribution in [0.15, 0.2) is 18.3 Å². The number of hydrogen-bond donors (Lipinski definition) is 0. The van der Waals surface area contributed by atoms with E-state index in [2.05, 4.69) is 22.9 Å². The van der Waals surface area contributed by atoms with E-state index in [1.807, 2.05) is 12.3 Å². The molecule has 1 aromatic heterocycles. The summed E-state index contributed by atoms with van der Waals surface area (Å²) in [4.78, 5) is 18.1. The zero-order chi connectivity index (χ0) is 13.0. The lowest BCUT2D eigenvalue weighted by Crippen LogP contribution is -2.41. The molecule has 1 atom stereocenters. The first kappa shape index (κ1) is 12.9. The minimum absolute atomic E-state index is 0.139. The van der Waals surface area contributed by atoms with Crippen LogP contribution < -0.4 is 4.90 Å². The molecular formula is C14H20N2O2. The number of aromatic nitrogens is 1. The van der Waals surface area contributed by atoms with Gasteiger partial charge in [0.15, 0.2) is 0 Å². The maximum absolute atomic E-state index is 11.5.